The Labute approximate surface area is 189 Å². The normalized spacial score (nSPS) is 29.2. The molecule has 9 heteroatoms. The minimum atomic E-state index is -0.422. The van der Waals surface area contributed by atoms with Gasteiger partial charge in [-0.25, -0.2) is 9.69 Å². The van der Waals surface area contributed by atoms with Crippen LogP contribution >= 0.6 is 0 Å². The Morgan fingerprint density at radius 3 is 2.56 bits per heavy atom. The van der Waals surface area contributed by atoms with Crippen molar-refractivity contribution < 1.29 is 9.59 Å². The van der Waals surface area contributed by atoms with E-state index in [4.69, 9.17) is 5.10 Å². The fourth-order valence-electron chi connectivity index (χ4n) is 5.36. The minimum Gasteiger partial charge on any atom is -0.310 e. The van der Waals surface area contributed by atoms with Crippen LogP contribution in [0.2, 0.25) is 0 Å². The van der Waals surface area contributed by atoms with Crippen molar-refractivity contribution in [3.8, 4) is 0 Å². The van der Waals surface area contributed by atoms with Crippen molar-refractivity contribution in [2.24, 2.45) is 5.10 Å². The third-order valence-electron chi connectivity index (χ3n) is 7.03. The summed E-state index contributed by atoms with van der Waals surface area (Å²) in [5.74, 6) is -0.136. The second-order valence-corrected chi connectivity index (χ2v) is 9.31. The largest absolute Gasteiger partial charge is 0.328 e. The number of nitrogens with one attached hydrogen (secondary N) is 1. The van der Waals surface area contributed by atoms with Gasteiger partial charge in [-0.2, -0.15) is 5.10 Å². The molecule has 0 bridgehead atoms. The zero-order valence-corrected chi connectivity index (χ0v) is 19.0. The van der Waals surface area contributed by atoms with Crippen molar-refractivity contribution in [1.29, 1.82) is 0 Å². The van der Waals surface area contributed by atoms with Crippen LogP contribution in [-0.4, -0.2) is 101 Å². The van der Waals surface area contributed by atoms with Crippen LogP contribution in [0.5, 0.6) is 0 Å². The molecule has 0 saturated carbocycles. The monoisotopic (exact) mass is 439 g/mol. The van der Waals surface area contributed by atoms with Crippen LogP contribution in [0.4, 0.5) is 4.79 Å². The Balaban J connectivity index is 1.34. The summed E-state index contributed by atoms with van der Waals surface area (Å²) in [7, 11) is 1.78. The molecule has 1 aromatic rings. The molecule has 4 aliphatic rings. The number of nitrogens with zero attached hydrogens (tertiary/aromatic N) is 6. The number of imide groups is 1. The number of carbonyl (C=O) groups excluding carboxylic acids is 2. The summed E-state index contributed by atoms with van der Waals surface area (Å²) in [6.45, 7) is 6.97. The van der Waals surface area contributed by atoms with Crippen LogP contribution in [0.25, 0.3) is 0 Å². The van der Waals surface area contributed by atoms with Gasteiger partial charge in [0.1, 0.15) is 12.2 Å². The van der Waals surface area contributed by atoms with Crippen molar-refractivity contribution in [2.45, 2.75) is 51.2 Å². The molecule has 0 aromatic heterocycles. The lowest BCUT2D eigenvalue weighted by Gasteiger charge is -2.42. The Morgan fingerprint density at radius 1 is 1.06 bits per heavy atom. The highest BCUT2D eigenvalue weighted by Crippen LogP contribution is 2.30. The molecule has 3 amide bonds. The average molecular weight is 440 g/mol. The predicted octanol–water partition coefficient (Wildman–Crippen LogP) is 1.14. The van der Waals surface area contributed by atoms with Crippen molar-refractivity contribution in [3.63, 3.8) is 0 Å². The topological polar surface area (TPSA) is 74.7 Å². The predicted molar refractivity (Wildman–Crippen MR) is 121 cm³/mol. The Bertz CT molecular complexity index is 886. The first kappa shape index (κ1) is 21.4. The number of likely N-dealkylation sites (tertiary alicyclic amines) is 1. The van der Waals surface area contributed by atoms with Gasteiger partial charge in [0.15, 0.2) is 6.29 Å². The van der Waals surface area contributed by atoms with Gasteiger partial charge in [-0.15, -0.1) is 0 Å². The summed E-state index contributed by atoms with van der Waals surface area (Å²) >= 11 is 0. The zero-order chi connectivity index (χ0) is 22.2. The number of urea groups is 1. The highest BCUT2D eigenvalue weighted by Gasteiger charge is 2.56. The number of piperidine rings is 1. The Hall–Kier alpha value is -2.49. The van der Waals surface area contributed by atoms with E-state index in [0.717, 1.165) is 37.5 Å². The molecule has 0 aliphatic carbocycles. The van der Waals surface area contributed by atoms with Gasteiger partial charge in [0, 0.05) is 25.8 Å². The van der Waals surface area contributed by atoms with Gasteiger partial charge in [-0.1, -0.05) is 36.8 Å². The lowest BCUT2D eigenvalue weighted by molar-refractivity contribution is -0.139. The van der Waals surface area contributed by atoms with E-state index < -0.39 is 6.04 Å². The number of likely N-dealkylation sites (N-methyl/N-ethyl adjacent to an activating group) is 1. The molecular formula is C23H33N7O2. The SMILES string of the molecule is CC1=NN(CCN2CCCCC2)C2NC3C(C(=O)N(Cc4ccccc4)C(=O)N3C)N2C1. The molecule has 1 aromatic carbocycles. The molecule has 3 fully saturated rings. The fraction of sp³-hybridized carbons (Fsp3) is 0.609. The molecule has 4 aliphatic heterocycles. The maximum absolute atomic E-state index is 13.6. The van der Waals surface area contributed by atoms with E-state index in [1.54, 1.807) is 11.9 Å². The molecule has 0 spiro atoms. The highest BCUT2D eigenvalue weighted by atomic mass is 16.2. The molecular weight excluding hydrogens is 406 g/mol. The van der Waals surface area contributed by atoms with Gasteiger partial charge in [0.05, 0.1) is 13.1 Å². The maximum Gasteiger partial charge on any atom is 0.328 e. The molecule has 3 atom stereocenters. The van der Waals surface area contributed by atoms with E-state index in [2.05, 4.69) is 20.1 Å². The molecule has 172 valence electrons. The van der Waals surface area contributed by atoms with Gasteiger partial charge in [0.25, 0.3) is 5.91 Å². The molecule has 32 heavy (non-hydrogen) atoms. The Kier molecular flexibility index (Phi) is 5.88. The first-order valence-electron chi connectivity index (χ1n) is 11.7. The van der Waals surface area contributed by atoms with E-state index in [1.807, 2.05) is 37.3 Å². The lowest BCUT2D eigenvalue weighted by Crippen LogP contribution is -2.66. The fourth-order valence-corrected chi connectivity index (χ4v) is 5.36. The number of carbonyl (C=O) groups is 2. The number of rotatable bonds is 5. The Morgan fingerprint density at radius 2 is 1.81 bits per heavy atom. The molecule has 9 nitrogen and oxygen atoms in total. The van der Waals surface area contributed by atoms with Crippen molar-refractivity contribution in [2.75, 3.05) is 39.8 Å². The number of hydrogen-bond donors (Lipinski definition) is 1. The van der Waals surface area contributed by atoms with E-state index in [0.29, 0.717) is 6.54 Å². The lowest BCUT2D eigenvalue weighted by atomic mass is 10.1. The number of hydrazone groups is 1. The van der Waals surface area contributed by atoms with Crippen LogP contribution in [0.3, 0.4) is 0 Å². The van der Waals surface area contributed by atoms with E-state index >= 15 is 0 Å². The molecule has 3 saturated heterocycles. The molecule has 4 heterocycles. The van der Waals surface area contributed by atoms with Gasteiger partial charge in [-0.05, 0) is 38.4 Å². The zero-order valence-electron chi connectivity index (χ0n) is 19.0. The number of benzene rings is 1. The highest BCUT2D eigenvalue weighted by molar-refractivity contribution is 6.01. The van der Waals surface area contributed by atoms with Gasteiger partial charge in [-0.3, -0.25) is 20.0 Å². The van der Waals surface area contributed by atoms with Gasteiger partial charge in [0.2, 0.25) is 0 Å². The van der Waals surface area contributed by atoms with Crippen LogP contribution in [0, 0.1) is 0 Å². The standard InChI is InChI=1S/C23H33N7O2/c1-17-15-28-19-20(24-22(28)30(25-17)14-13-27-11-7-4-8-12-27)26(2)23(32)29(21(19)31)16-18-9-5-3-6-10-18/h3,5-6,9-10,19-20,22,24H,4,7-8,11-16H2,1-2H3. The van der Waals surface area contributed by atoms with Crippen LogP contribution < -0.4 is 5.32 Å². The van der Waals surface area contributed by atoms with Crippen molar-refractivity contribution >= 4 is 17.6 Å². The summed E-state index contributed by atoms with van der Waals surface area (Å²) in [5, 5.41) is 10.4. The second-order valence-electron chi connectivity index (χ2n) is 9.31. The first-order chi connectivity index (χ1) is 15.5. The summed E-state index contributed by atoms with van der Waals surface area (Å²) in [4.78, 5) is 34.4. The van der Waals surface area contributed by atoms with Crippen molar-refractivity contribution in [3.05, 3.63) is 35.9 Å². The average Bonchev–Trinajstić information content (AvgIpc) is 3.20. The van der Waals surface area contributed by atoms with Gasteiger partial charge < -0.3 is 9.80 Å². The third kappa shape index (κ3) is 3.89. The summed E-state index contributed by atoms with van der Waals surface area (Å²) in [5.41, 5.74) is 1.94. The molecule has 0 radical (unpaired) electrons. The van der Waals surface area contributed by atoms with E-state index in [1.165, 1.54) is 24.2 Å². The van der Waals surface area contributed by atoms with E-state index in [-0.39, 0.29) is 30.9 Å². The molecule has 3 unspecified atom stereocenters. The third-order valence-corrected chi connectivity index (χ3v) is 7.03. The van der Waals surface area contributed by atoms with Crippen LogP contribution in [0.1, 0.15) is 31.7 Å². The van der Waals surface area contributed by atoms with Crippen LogP contribution in [0.15, 0.2) is 35.4 Å². The summed E-state index contributed by atoms with van der Waals surface area (Å²) in [6.07, 6.45) is 3.30. The first-order valence-corrected chi connectivity index (χ1v) is 11.7. The van der Waals surface area contributed by atoms with Crippen molar-refractivity contribution in [1.82, 2.24) is 29.9 Å². The molecule has 1 N–H and O–H groups in total. The quantitative estimate of drug-likeness (QED) is 0.742. The number of fused-ring (bicyclic) bond motifs is 3. The summed E-state index contributed by atoms with van der Waals surface area (Å²) in [6, 6.07) is 9.01. The van der Waals surface area contributed by atoms with Crippen LogP contribution in [-0.2, 0) is 11.3 Å². The smallest absolute Gasteiger partial charge is 0.310 e. The van der Waals surface area contributed by atoms with Gasteiger partial charge >= 0.3 is 6.03 Å². The number of amides is 3. The summed E-state index contributed by atoms with van der Waals surface area (Å²) < 4.78 is 0. The second kappa shape index (κ2) is 8.80. The maximum atomic E-state index is 13.6. The van der Waals surface area contributed by atoms with E-state index in [9.17, 15) is 9.59 Å². The minimum absolute atomic E-state index is 0.136. The number of hydrogen-bond acceptors (Lipinski definition) is 7. The molecule has 5 rings (SSSR count).